The zero-order valence-electron chi connectivity index (χ0n) is 13.7. The molecule has 1 aliphatic heterocycles. The fourth-order valence-electron chi connectivity index (χ4n) is 3.31. The molecule has 0 saturated heterocycles. The van der Waals surface area contributed by atoms with Crippen molar-refractivity contribution >= 4 is 34.0 Å². The van der Waals surface area contributed by atoms with Gasteiger partial charge < -0.3 is 10.1 Å². The summed E-state index contributed by atoms with van der Waals surface area (Å²) in [6.07, 6.45) is 4.05. The Kier molecular flexibility index (Phi) is 4.06. The average molecular weight is 353 g/mol. The lowest BCUT2D eigenvalue weighted by Crippen LogP contribution is -2.30. The van der Waals surface area contributed by atoms with Gasteiger partial charge in [0.1, 0.15) is 5.75 Å². The van der Waals surface area contributed by atoms with E-state index in [9.17, 15) is 4.79 Å². The molecular weight excluding hydrogens is 336 g/mol. The Bertz CT molecular complexity index is 952. The number of carbonyl (C=O) groups is 1. The molecule has 0 fully saturated rings. The molecule has 0 spiro atoms. The van der Waals surface area contributed by atoms with Crippen molar-refractivity contribution in [1.29, 1.82) is 0 Å². The third-order valence-corrected chi connectivity index (χ3v) is 4.72. The highest BCUT2D eigenvalue weighted by molar-refractivity contribution is 6.30. The first-order valence-electron chi connectivity index (χ1n) is 8.21. The van der Waals surface area contributed by atoms with Crippen molar-refractivity contribution in [3.05, 3.63) is 65.4 Å². The fourth-order valence-corrected chi connectivity index (χ4v) is 3.49. The van der Waals surface area contributed by atoms with E-state index in [0.717, 1.165) is 22.1 Å². The number of halogens is 1. The Hall–Kier alpha value is -2.59. The zero-order valence-corrected chi connectivity index (χ0v) is 14.5. The molecule has 5 heteroatoms. The van der Waals surface area contributed by atoms with Gasteiger partial charge in [-0.05, 0) is 31.5 Å². The minimum absolute atomic E-state index is 0.0323. The number of hydrogen-bond donors (Lipinski definition) is 1. The van der Waals surface area contributed by atoms with Gasteiger partial charge in [0.15, 0.2) is 0 Å². The van der Waals surface area contributed by atoms with Gasteiger partial charge in [0.2, 0.25) is 5.91 Å². The molecule has 0 bridgehead atoms. The Morgan fingerprint density at radius 1 is 1.24 bits per heavy atom. The standard InChI is InChI=1S/C20H17ClN2O2/c1-12-8-17(16-9-14(21)6-7-19(16)25-12)20(24)23-18-11-22-10-13-4-2-3-5-15(13)18/h2-7,9-12,17H,8H2,1H3,(H,23,24)/t12-,17+/m1/s1. The van der Waals surface area contributed by atoms with Crippen LogP contribution in [0.1, 0.15) is 24.8 Å². The molecule has 3 aromatic rings. The molecule has 0 unspecified atom stereocenters. The van der Waals surface area contributed by atoms with Crippen LogP contribution in [-0.4, -0.2) is 17.0 Å². The van der Waals surface area contributed by atoms with Crippen molar-refractivity contribution in [3.63, 3.8) is 0 Å². The van der Waals surface area contributed by atoms with E-state index in [-0.39, 0.29) is 17.9 Å². The topological polar surface area (TPSA) is 51.2 Å². The van der Waals surface area contributed by atoms with Crippen LogP contribution in [0.3, 0.4) is 0 Å². The van der Waals surface area contributed by atoms with Crippen LogP contribution in [-0.2, 0) is 4.79 Å². The molecule has 2 atom stereocenters. The maximum absolute atomic E-state index is 13.0. The monoisotopic (exact) mass is 352 g/mol. The van der Waals surface area contributed by atoms with Crippen molar-refractivity contribution in [3.8, 4) is 5.75 Å². The number of rotatable bonds is 2. The summed E-state index contributed by atoms with van der Waals surface area (Å²) in [5.41, 5.74) is 1.54. The molecule has 1 aromatic heterocycles. The fraction of sp³-hybridized carbons (Fsp3) is 0.200. The first-order valence-corrected chi connectivity index (χ1v) is 8.59. The molecule has 2 aromatic carbocycles. The van der Waals surface area contributed by atoms with Crippen molar-refractivity contribution in [2.75, 3.05) is 5.32 Å². The predicted octanol–water partition coefficient (Wildman–Crippen LogP) is 4.78. The lowest BCUT2D eigenvalue weighted by molar-refractivity contribution is -0.118. The van der Waals surface area contributed by atoms with Gasteiger partial charge in [-0.3, -0.25) is 9.78 Å². The van der Waals surface area contributed by atoms with Gasteiger partial charge in [-0.1, -0.05) is 35.9 Å². The second kappa shape index (κ2) is 6.37. The number of carbonyl (C=O) groups excluding carboxylic acids is 1. The summed E-state index contributed by atoms with van der Waals surface area (Å²) in [6.45, 7) is 1.97. The summed E-state index contributed by atoms with van der Waals surface area (Å²) in [6, 6.07) is 13.3. The quantitative estimate of drug-likeness (QED) is 0.722. The Balaban J connectivity index is 1.68. The van der Waals surface area contributed by atoms with E-state index in [1.165, 1.54) is 0 Å². The number of benzene rings is 2. The Morgan fingerprint density at radius 3 is 2.96 bits per heavy atom. The minimum atomic E-state index is -0.309. The normalized spacial score (nSPS) is 19.1. The summed E-state index contributed by atoms with van der Waals surface area (Å²) in [5.74, 6) is 0.340. The van der Waals surface area contributed by atoms with Gasteiger partial charge in [0, 0.05) is 27.6 Å². The molecule has 0 aliphatic carbocycles. The SMILES string of the molecule is C[C@@H]1C[C@H](C(=O)Nc2cncc3ccccc23)c2cc(Cl)ccc2O1. The number of hydrogen-bond acceptors (Lipinski definition) is 3. The number of ether oxygens (including phenoxy) is 1. The number of nitrogens with zero attached hydrogens (tertiary/aromatic N) is 1. The lowest BCUT2D eigenvalue weighted by Gasteiger charge is -2.30. The molecule has 1 aliphatic rings. The van der Waals surface area contributed by atoms with Gasteiger partial charge >= 0.3 is 0 Å². The van der Waals surface area contributed by atoms with Crippen LogP contribution < -0.4 is 10.1 Å². The van der Waals surface area contributed by atoms with Crippen LogP contribution in [0.25, 0.3) is 10.8 Å². The largest absolute Gasteiger partial charge is 0.490 e. The van der Waals surface area contributed by atoms with Gasteiger partial charge in [0.05, 0.1) is 23.9 Å². The highest BCUT2D eigenvalue weighted by Gasteiger charge is 2.31. The zero-order chi connectivity index (χ0) is 17.4. The van der Waals surface area contributed by atoms with Crippen LogP contribution in [0, 0.1) is 0 Å². The maximum atomic E-state index is 13.0. The first kappa shape index (κ1) is 15.9. The van der Waals surface area contributed by atoms with E-state index in [4.69, 9.17) is 16.3 Å². The van der Waals surface area contributed by atoms with E-state index >= 15 is 0 Å². The summed E-state index contributed by atoms with van der Waals surface area (Å²) < 4.78 is 5.84. The second-order valence-electron chi connectivity index (χ2n) is 6.30. The lowest BCUT2D eigenvalue weighted by atomic mass is 9.89. The van der Waals surface area contributed by atoms with Crippen LogP contribution in [0.5, 0.6) is 5.75 Å². The summed E-state index contributed by atoms with van der Waals surface area (Å²) in [4.78, 5) is 17.2. The number of amides is 1. The molecular formula is C20H17ClN2O2. The molecule has 4 rings (SSSR count). The molecule has 1 amide bonds. The van der Waals surface area contributed by atoms with Gasteiger partial charge in [-0.25, -0.2) is 0 Å². The van der Waals surface area contributed by atoms with E-state index in [1.807, 2.05) is 43.3 Å². The van der Waals surface area contributed by atoms with Gasteiger partial charge in [-0.2, -0.15) is 0 Å². The average Bonchev–Trinajstić information content (AvgIpc) is 2.61. The van der Waals surface area contributed by atoms with Crippen LogP contribution in [0.2, 0.25) is 5.02 Å². The van der Waals surface area contributed by atoms with Crippen molar-refractivity contribution in [2.24, 2.45) is 0 Å². The summed E-state index contributed by atoms with van der Waals surface area (Å²) in [5, 5.41) is 5.59. The first-order chi connectivity index (χ1) is 12.1. The highest BCUT2D eigenvalue weighted by Crippen LogP contribution is 2.38. The highest BCUT2D eigenvalue weighted by atomic mass is 35.5. The van der Waals surface area contributed by atoms with Crippen LogP contribution in [0.4, 0.5) is 5.69 Å². The Labute approximate surface area is 150 Å². The third kappa shape index (κ3) is 3.05. The van der Waals surface area contributed by atoms with E-state index in [0.29, 0.717) is 17.1 Å². The van der Waals surface area contributed by atoms with Crippen molar-refractivity contribution < 1.29 is 9.53 Å². The molecule has 126 valence electrons. The number of fused-ring (bicyclic) bond motifs is 2. The number of anilines is 1. The van der Waals surface area contributed by atoms with E-state index in [2.05, 4.69) is 10.3 Å². The smallest absolute Gasteiger partial charge is 0.232 e. The van der Waals surface area contributed by atoms with Gasteiger partial charge in [-0.15, -0.1) is 0 Å². The molecule has 0 saturated carbocycles. The second-order valence-corrected chi connectivity index (χ2v) is 6.73. The van der Waals surface area contributed by atoms with E-state index in [1.54, 1.807) is 18.5 Å². The van der Waals surface area contributed by atoms with Crippen LogP contribution in [0.15, 0.2) is 54.9 Å². The molecule has 0 radical (unpaired) electrons. The van der Waals surface area contributed by atoms with E-state index < -0.39 is 0 Å². The third-order valence-electron chi connectivity index (χ3n) is 4.49. The van der Waals surface area contributed by atoms with Gasteiger partial charge in [0.25, 0.3) is 0 Å². The van der Waals surface area contributed by atoms with Crippen molar-refractivity contribution in [1.82, 2.24) is 4.98 Å². The van der Waals surface area contributed by atoms with Crippen molar-refractivity contribution in [2.45, 2.75) is 25.4 Å². The summed E-state index contributed by atoms with van der Waals surface area (Å²) >= 11 is 6.12. The predicted molar refractivity (Wildman–Crippen MR) is 99.3 cm³/mol. The number of aromatic nitrogens is 1. The number of nitrogens with one attached hydrogen (secondary N) is 1. The van der Waals surface area contributed by atoms with Crippen LogP contribution >= 0.6 is 11.6 Å². The molecule has 1 N–H and O–H groups in total. The maximum Gasteiger partial charge on any atom is 0.232 e. The minimum Gasteiger partial charge on any atom is -0.490 e. The molecule has 25 heavy (non-hydrogen) atoms. The number of pyridine rings is 1. The molecule has 2 heterocycles. The molecule has 4 nitrogen and oxygen atoms in total. The summed E-state index contributed by atoms with van der Waals surface area (Å²) in [7, 11) is 0. The Morgan fingerprint density at radius 2 is 2.08 bits per heavy atom.